The lowest BCUT2D eigenvalue weighted by Crippen LogP contribution is -2.53. The molecule has 0 bridgehead atoms. The van der Waals surface area contributed by atoms with Crippen molar-refractivity contribution >= 4 is 5.91 Å². The minimum absolute atomic E-state index is 0.159. The summed E-state index contributed by atoms with van der Waals surface area (Å²) in [7, 11) is 0. The lowest BCUT2D eigenvalue weighted by atomic mass is 9.81. The van der Waals surface area contributed by atoms with E-state index in [-0.39, 0.29) is 5.91 Å². The van der Waals surface area contributed by atoms with Crippen LogP contribution in [0.5, 0.6) is 0 Å². The number of carbonyl (C=O) groups excluding carboxylic acids is 1. The SMILES string of the molecule is C=CC[C@](Cc1ccccc1)(NNC(=O)c1ccccc1)c1ccccc1. The molecule has 3 heteroatoms. The van der Waals surface area contributed by atoms with Gasteiger partial charge >= 0.3 is 0 Å². The predicted molar refractivity (Wildman–Crippen MR) is 110 cm³/mol. The van der Waals surface area contributed by atoms with Gasteiger partial charge in [0.05, 0.1) is 5.54 Å². The molecule has 3 rings (SSSR count). The van der Waals surface area contributed by atoms with E-state index in [9.17, 15) is 4.79 Å². The fraction of sp³-hybridized carbons (Fsp3) is 0.125. The number of rotatable bonds is 8. The first-order valence-electron chi connectivity index (χ1n) is 9.06. The van der Waals surface area contributed by atoms with Gasteiger partial charge < -0.3 is 0 Å². The molecular weight excluding hydrogens is 332 g/mol. The Morgan fingerprint density at radius 3 is 2.00 bits per heavy atom. The molecular formula is C24H24N2O. The number of amides is 1. The highest BCUT2D eigenvalue weighted by atomic mass is 16.2. The van der Waals surface area contributed by atoms with E-state index in [4.69, 9.17) is 0 Å². The first-order valence-corrected chi connectivity index (χ1v) is 9.06. The molecule has 2 N–H and O–H groups in total. The van der Waals surface area contributed by atoms with Crippen molar-refractivity contribution in [2.24, 2.45) is 0 Å². The van der Waals surface area contributed by atoms with Crippen molar-refractivity contribution in [2.45, 2.75) is 18.4 Å². The van der Waals surface area contributed by atoms with E-state index in [1.54, 1.807) is 12.1 Å². The van der Waals surface area contributed by atoms with E-state index in [1.807, 2.05) is 60.7 Å². The summed E-state index contributed by atoms with van der Waals surface area (Å²) in [6.07, 6.45) is 3.28. The fourth-order valence-corrected chi connectivity index (χ4v) is 3.25. The Morgan fingerprint density at radius 1 is 0.852 bits per heavy atom. The molecule has 1 amide bonds. The van der Waals surface area contributed by atoms with Gasteiger partial charge in [0.25, 0.3) is 5.91 Å². The van der Waals surface area contributed by atoms with E-state index < -0.39 is 5.54 Å². The summed E-state index contributed by atoms with van der Waals surface area (Å²) in [4.78, 5) is 12.6. The lowest BCUT2D eigenvalue weighted by Gasteiger charge is -2.35. The zero-order valence-corrected chi connectivity index (χ0v) is 15.3. The van der Waals surface area contributed by atoms with Gasteiger partial charge in [-0.1, -0.05) is 84.9 Å². The summed E-state index contributed by atoms with van der Waals surface area (Å²) in [6.45, 7) is 3.95. The molecule has 1 atom stereocenters. The smallest absolute Gasteiger partial charge is 0.265 e. The van der Waals surface area contributed by atoms with Crippen LogP contribution in [0.1, 0.15) is 27.9 Å². The molecule has 0 spiro atoms. The number of hydrogen-bond acceptors (Lipinski definition) is 2. The Morgan fingerprint density at radius 2 is 1.41 bits per heavy atom. The van der Waals surface area contributed by atoms with Gasteiger partial charge in [-0.05, 0) is 36.1 Å². The largest absolute Gasteiger partial charge is 0.287 e. The van der Waals surface area contributed by atoms with E-state index in [2.05, 4.69) is 41.7 Å². The van der Waals surface area contributed by atoms with Crippen LogP contribution in [0.25, 0.3) is 0 Å². The normalized spacial score (nSPS) is 12.7. The highest BCUT2D eigenvalue weighted by Crippen LogP contribution is 2.29. The molecule has 0 aliphatic rings. The second-order valence-electron chi connectivity index (χ2n) is 6.55. The highest BCUT2D eigenvalue weighted by molar-refractivity contribution is 5.93. The van der Waals surface area contributed by atoms with Gasteiger partial charge in [0, 0.05) is 5.56 Å². The van der Waals surface area contributed by atoms with Crippen molar-refractivity contribution in [3.63, 3.8) is 0 Å². The van der Waals surface area contributed by atoms with Crippen LogP contribution < -0.4 is 10.9 Å². The van der Waals surface area contributed by atoms with Gasteiger partial charge in [-0.2, -0.15) is 0 Å². The summed E-state index contributed by atoms with van der Waals surface area (Å²) < 4.78 is 0. The Bertz CT molecular complexity index is 863. The predicted octanol–water partition coefficient (Wildman–Crippen LogP) is 4.64. The number of hydrogen-bond donors (Lipinski definition) is 2. The third-order valence-corrected chi connectivity index (χ3v) is 4.62. The maximum atomic E-state index is 12.6. The molecule has 0 aliphatic carbocycles. The molecule has 0 heterocycles. The first-order chi connectivity index (χ1) is 13.2. The Hall–Kier alpha value is -3.17. The van der Waals surface area contributed by atoms with Crippen molar-refractivity contribution in [1.82, 2.24) is 10.9 Å². The van der Waals surface area contributed by atoms with E-state index in [1.165, 1.54) is 5.56 Å². The molecule has 0 saturated carbocycles. The lowest BCUT2D eigenvalue weighted by molar-refractivity contribution is 0.0901. The summed E-state index contributed by atoms with van der Waals surface area (Å²) >= 11 is 0. The molecule has 136 valence electrons. The molecule has 27 heavy (non-hydrogen) atoms. The molecule has 0 aliphatic heterocycles. The van der Waals surface area contributed by atoms with Gasteiger partial charge in [-0.15, -0.1) is 6.58 Å². The Balaban J connectivity index is 1.90. The Kier molecular flexibility index (Phi) is 6.18. The highest BCUT2D eigenvalue weighted by Gasteiger charge is 2.31. The summed E-state index contributed by atoms with van der Waals surface area (Å²) in [5.41, 5.74) is 8.64. The van der Waals surface area contributed by atoms with Crippen LogP contribution in [0.3, 0.4) is 0 Å². The summed E-state index contributed by atoms with van der Waals surface area (Å²) in [5, 5.41) is 0. The van der Waals surface area contributed by atoms with E-state index >= 15 is 0 Å². The number of nitrogens with one attached hydrogen (secondary N) is 2. The first kappa shape index (κ1) is 18.6. The van der Waals surface area contributed by atoms with Crippen molar-refractivity contribution in [3.05, 3.63) is 120 Å². The van der Waals surface area contributed by atoms with Crippen molar-refractivity contribution in [3.8, 4) is 0 Å². The standard InChI is InChI=1S/C24H24N2O/c1-2-18-24(22-16-10-5-11-17-22,19-20-12-6-3-7-13-20)26-25-23(27)21-14-8-4-9-15-21/h2-17,26H,1,18-19H2,(H,25,27)/t24-/m1/s1. The van der Waals surface area contributed by atoms with Gasteiger partial charge in [0.1, 0.15) is 0 Å². The maximum absolute atomic E-state index is 12.6. The van der Waals surface area contributed by atoms with Gasteiger partial charge in [-0.25, -0.2) is 5.43 Å². The second-order valence-corrected chi connectivity index (χ2v) is 6.55. The molecule has 0 aromatic heterocycles. The van der Waals surface area contributed by atoms with Crippen LogP contribution in [0, 0.1) is 0 Å². The maximum Gasteiger partial charge on any atom is 0.265 e. The summed E-state index contributed by atoms with van der Waals surface area (Å²) in [6, 6.07) is 29.6. The fourth-order valence-electron chi connectivity index (χ4n) is 3.25. The second kappa shape index (κ2) is 8.97. The molecule has 3 aromatic carbocycles. The van der Waals surface area contributed by atoms with Gasteiger partial charge in [0.15, 0.2) is 0 Å². The quantitative estimate of drug-likeness (QED) is 0.456. The van der Waals surface area contributed by atoms with Crippen LogP contribution in [0.2, 0.25) is 0 Å². The number of benzene rings is 3. The minimum atomic E-state index is -0.491. The number of hydrazine groups is 1. The monoisotopic (exact) mass is 356 g/mol. The van der Waals surface area contributed by atoms with Crippen LogP contribution in [-0.4, -0.2) is 5.91 Å². The molecule has 3 nitrogen and oxygen atoms in total. The zero-order chi connectivity index (χ0) is 19.0. The molecule has 0 radical (unpaired) electrons. The van der Waals surface area contributed by atoms with Gasteiger partial charge in [-0.3, -0.25) is 10.2 Å². The van der Waals surface area contributed by atoms with E-state index in [0.29, 0.717) is 12.0 Å². The molecule has 3 aromatic rings. The molecule has 0 unspecified atom stereocenters. The van der Waals surface area contributed by atoms with Crippen LogP contribution in [0.15, 0.2) is 104 Å². The van der Waals surface area contributed by atoms with E-state index in [0.717, 1.165) is 12.0 Å². The third kappa shape index (κ3) is 4.72. The van der Waals surface area contributed by atoms with Crippen LogP contribution in [-0.2, 0) is 12.0 Å². The topological polar surface area (TPSA) is 41.1 Å². The molecule has 0 fully saturated rings. The average Bonchev–Trinajstić information content (AvgIpc) is 2.74. The van der Waals surface area contributed by atoms with Crippen molar-refractivity contribution < 1.29 is 4.79 Å². The molecule has 0 saturated heterocycles. The summed E-state index contributed by atoms with van der Waals surface area (Å²) in [5.74, 6) is -0.159. The third-order valence-electron chi connectivity index (χ3n) is 4.62. The number of carbonyl (C=O) groups is 1. The van der Waals surface area contributed by atoms with Crippen molar-refractivity contribution in [1.29, 1.82) is 0 Å². The van der Waals surface area contributed by atoms with Crippen molar-refractivity contribution in [2.75, 3.05) is 0 Å². The van der Waals surface area contributed by atoms with Crippen LogP contribution >= 0.6 is 0 Å². The Labute approximate surface area is 160 Å². The average molecular weight is 356 g/mol. The van der Waals surface area contributed by atoms with Crippen LogP contribution in [0.4, 0.5) is 0 Å². The van der Waals surface area contributed by atoms with Gasteiger partial charge in [0.2, 0.25) is 0 Å². The zero-order valence-electron chi connectivity index (χ0n) is 15.3. The minimum Gasteiger partial charge on any atom is -0.287 e.